The Bertz CT molecular complexity index is 515. The predicted molar refractivity (Wildman–Crippen MR) is 73.0 cm³/mol. The summed E-state index contributed by atoms with van der Waals surface area (Å²) >= 11 is 3.35. The number of rotatable bonds is 4. The average Bonchev–Trinajstić information content (AvgIpc) is 2.38. The quantitative estimate of drug-likeness (QED) is 0.935. The van der Waals surface area contributed by atoms with Crippen molar-refractivity contribution in [3.05, 3.63) is 64.4 Å². The molecule has 94 valence electrons. The zero-order valence-corrected chi connectivity index (χ0v) is 11.2. The molecule has 0 saturated heterocycles. The average molecular weight is 310 g/mol. The van der Waals surface area contributed by atoms with E-state index in [4.69, 9.17) is 10.5 Å². The van der Waals surface area contributed by atoms with Crippen molar-refractivity contribution >= 4 is 15.9 Å². The molecule has 1 unspecified atom stereocenters. The highest BCUT2D eigenvalue weighted by molar-refractivity contribution is 9.10. The second kappa shape index (κ2) is 5.98. The van der Waals surface area contributed by atoms with Crippen molar-refractivity contribution in [1.29, 1.82) is 0 Å². The summed E-state index contributed by atoms with van der Waals surface area (Å²) in [6, 6.07) is 13.7. The van der Waals surface area contributed by atoms with Crippen LogP contribution in [0, 0.1) is 5.82 Å². The molecule has 4 heteroatoms. The summed E-state index contributed by atoms with van der Waals surface area (Å²) in [6.45, 7) is 0.291. The Hall–Kier alpha value is -1.39. The van der Waals surface area contributed by atoms with E-state index in [0.29, 0.717) is 12.3 Å². The Labute approximate surface area is 114 Å². The number of hydrogen-bond acceptors (Lipinski definition) is 2. The van der Waals surface area contributed by atoms with Crippen LogP contribution in [0.15, 0.2) is 53.0 Å². The van der Waals surface area contributed by atoms with Crippen LogP contribution >= 0.6 is 15.9 Å². The Morgan fingerprint density at radius 2 is 1.89 bits per heavy atom. The molecule has 2 nitrogen and oxygen atoms in total. The van der Waals surface area contributed by atoms with Gasteiger partial charge in [-0.1, -0.05) is 28.1 Å². The van der Waals surface area contributed by atoms with Gasteiger partial charge in [-0.3, -0.25) is 0 Å². The van der Waals surface area contributed by atoms with Crippen LogP contribution in [-0.4, -0.2) is 6.54 Å². The van der Waals surface area contributed by atoms with Gasteiger partial charge in [0.2, 0.25) is 0 Å². The number of halogens is 2. The SMILES string of the molecule is NCC(Oc1ccc(Br)cc1)c1cccc(F)c1. The lowest BCUT2D eigenvalue weighted by atomic mass is 10.1. The first-order valence-electron chi connectivity index (χ1n) is 5.57. The number of nitrogens with two attached hydrogens (primary N) is 1. The Morgan fingerprint density at radius 3 is 2.50 bits per heavy atom. The molecule has 0 aliphatic heterocycles. The van der Waals surface area contributed by atoms with Crippen molar-refractivity contribution < 1.29 is 9.13 Å². The minimum Gasteiger partial charge on any atom is -0.484 e. The van der Waals surface area contributed by atoms with E-state index in [-0.39, 0.29) is 11.9 Å². The monoisotopic (exact) mass is 309 g/mol. The smallest absolute Gasteiger partial charge is 0.136 e. The first kappa shape index (κ1) is 13.1. The van der Waals surface area contributed by atoms with Gasteiger partial charge < -0.3 is 10.5 Å². The van der Waals surface area contributed by atoms with Crippen LogP contribution in [0.25, 0.3) is 0 Å². The summed E-state index contributed by atoms with van der Waals surface area (Å²) in [6.07, 6.45) is -0.345. The maximum atomic E-state index is 13.2. The van der Waals surface area contributed by atoms with Crippen molar-refractivity contribution in [1.82, 2.24) is 0 Å². The molecular formula is C14H13BrFNO. The summed E-state index contributed by atoms with van der Waals surface area (Å²) in [5, 5.41) is 0. The van der Waals surface area contributed by atoms with E-state index >= 15 is 0 Å². The first-order chi connectivity index (χ1) is 8.69. The van der Waals surface area contributed by atoms with E-state index in [1.54, 1.807) is 12.1 Å². The van der Waals surface area contributed by atoms with Crippen LogP contribution in [0.3, 0.4) is 0 Å². The summed E-state index contributed by atoms with van der Waals surface area (Å²) in [5.74, 6) is 0.420. The van der Waals surface area contributed by atoms with E-state index in [1.807, 2.05) is 24.3 Å². The molecular weight excluding hydrogens is 297 g/mol. The Balaban J connectivity index is 2.17. The van der Waals surface area contributed by atoms with Crippen molar-refractivity contribution in [3.63, 3.8) is 0 Å². The van der Waals surface area contributed by atoms with Gasteiger partial charge in [-0.15, -0.1) is 0 Å². The fraction of sp³-hybridized carbons (Fsp3) is 0.143. The van der Waals surface area contributed by atoms with Crippen LogP contribution in [0.2, 0.25) is 0 Å². The molecule has 1 atom stereocenters. The summed E-state index contributed by atoms with van der Waals surface area (Å²) in [7, 11) is 0. The van der Waals surface area contributed by atoms with Gasteiger partial charge in [0, 0.05) is 11.0 Å². The molecule has 0 amide bonds. The second-order valence-electron chi connectivity index (χ2n) is 3.85. The third-order valence-electron chi connectivity index (χ3n) is 2.53. The zero-order chi connectivity index (χ0) is 13.0. The first-order valence-corrected chi connectivity index (χ1v) is 6.36. The molecule has 2 aromatic carbocycles. The minimum atomic E-state index is -0.345. The van der Waals surface area contributed by atoms with Crippen molar-refractivity contribution in [2.75, 3.05) is 6.54 Å². The molecule has 2 rings (SSSR count). The minimum absolute atomic E-state index is 0.287. The number of hydrogen-bond donors (Lipinski definition) is 1. The maximum absolute atomic E-state index is 13.2. The molecule has 0 bridgehead atoms. The standard InChI is InChI=1S/C14H13BrFNO/c15-11-4-6-13(7-5-11)18-14(9-17)10-2-1-3-12(16)8-10/h1-8,14H,9,17H2. The molecule has 2 aromatic rings. The molecule has 0 aliphatic carbocycles. The summed E-state index contributed by atoms with van der Waals surface area (Å²) in [5.41, 5.74) is 6.41. The van der Waals surface area contributed by atoms with Gasteiger partial charge in [0.1, 0.15) is 17.7 Å². The summed E-state index contributed by atoms with van der Waals surface area (Å²) < 4.78 is 19.9. The zero-order valence-electron chi connectivity index (χ0n) is 9.64. The lowest BCUT2D eigenvalue weighted by molar-refractivity contribution is 0.213. The fourth-order valence-corrected chi connectivity index (χ4v) is 1.90. The van der Waals surface area contributed by atoms with Gasteiger partial charge in [-0.25, -0.2) is 4.39 Å². The largest absolute Gasteiger partial charge is 0.484 e. The van der Waals surface area contributed by atoms with Gasteiger partial charge in [-0.2, -0.15) is 0 Å². The number of ether oxygens (including phenoxy) is 1. The van der Waals surface area contributed by atoms with E-state index in [1.165, 1.54) is 12.1 Å². The van der Waals surface area contributed by atoms with Gasteiger partial charge in [-0.05, 0) is 42.0 Å². The third kappa shape index (κ3) is 3.31. The molecule has 0 fully saturated rings. The topological polar surface area (TPSA) is 35.2 Å². The summed E-state index contributed by atoms with van der Waals surface area (Å²) in [4.78, 5) is 0. The van der Waals surface area contributed by atoms with Crippen molar-refractivity contribution in [2.45, 2.75) is 6.10 Å². The van der Waals surface area contributed by atoms with Crippen LogP contribution in [-0.2, 0) is 0 Å². The Morgan fingerprint density at radius 1 is 1.17 bits per heavy atom. The lowest BCUT2D eigenvalue weighted by Crippen LogP contribution is -2.18. The van der Waals surface area contributed by atoms with E-state index in [0.717, 1.165) is 10.0 Å². The predicted octanol–water partition coefficient (Wildman–Crippen LogP) is 3.67. The van der Waals surface area contributed by atoms with Crippen LogP contribution in [0.5, 0.6) is 5.75 Å². The third-order valence-corrected chi connectivity index (χ3v) is 3.06. The molecule has 0 aliphatic rings. The molecule has 18 heavy (non-hydrogen) atoms. The highest BCUT2D eigenvalue weighted by atomic mass is 79.9. The van der Waals surface area contributed by atoms with Gasteiger partial charge >= 0.3 is 0 Å². The fourth-order valence-electron chi connectivity index (χ4n) is 1.64. The molecule has 2 N–H and O–H groups in total. The van der Waals surface area contributed by atoms with Crippen molar-refractivity contribution in [3.8, 4) is 5.75 Å². The maximum Gasteiger partial charge on any atom is 0.136 e. The highest BCUT2D eigenvalue weighted by Gasteiger charge is 2.12. The molecule has 0 spiro atoms. The Kier molecular flexibility index (Phi) is 4.33. The number of benzene rings is 2. The molecule has 0 aromatic heterocycles. The van der Waals surface area contributed by atoms with E-state index < -0.39 is 0 Å². The molecule has 0 radical (unpaired) electrons. The van der Waals surface area contributed by atoms with Gasteiger partial charge in [0.05, 0.1) is 0 Å². The van der Waals surface area contributed by atoms with E-state index in [9.17, 15) is 4.39 Å². The van der Waals surface area contributed by atoms with E-state index in [2.05, 4.69) is 15.9 Å². The van der Waals surface area contributed by atoms with Crippen LogP contribution < -0.4 is 10.5 Å². The van der Waals surface area contributed by atoms with Crippen LogP contribution in [0.4, 0.5) is 4.39 Å². The van der Waals surface area contributed by atoms with Gasteiger partial charge in [0.25, 0.3) is 0 Å². The van der Waals surface area contributed by atoms with Crippen LogP contribution in [0.1, 0.15) is 11.7 Å². The highest BCUT2D eigenvalue weighted by Crippen LogP contribution is 2.23. The normalized spacial score (nSPS) is 12.2. The molecule has 0 heterocycles. The second-order valence-corrected chi connectivity index (χ2v) is 4.77. The molecule has 0 saturated carbocycles. The lowest BCUT2D eigenvalue weighted by Gasteiger charge is -2.18. The van der Waals surface area contributed by atoms with Gasteiger partial charge in [0.15, 0.2) is 0 Å². The van der Waals surface area contributed by atoms with Crippen molar-refractivity contribution in [2.24, 2.45) is 5.73 Å².